The number of carbonyl (C=O) groups is 2. The normalized spacial score (nSPS) is 47.6. The average molecular weight is 351 g/mol. The first kappa shape index (κ1) is 17.3. The molecule has 1 unspecified atom stereocenters. The average Bonchev–Trinajstić information content (AvgIpc) is 3.19. The molecule has 1 spiro atoms. The standard InChI is InChI=1S/C19H29NO5/c1-11-9-14(24-17(11)21)13-6-7-15-19(10-12(2)18(22)25-19)16(23-3)5-4-8-20(13)15/h11-16H,4-10H2,1-3H3/t11-,12?,13+,14-,15+,16-,19+/m1/s1. The number of ether oxygens (including phenoxy) is 3. The van der Waals surface area contributed by atoms with Crippen LogP contribution >= 0.6 is 0 Å². The molecule has 6 heteroatoms. The van der Waals surface area contributed by atoms with Gasteiger partial charge in [-0.25, -0.2) is 0 Å². The van der Waals surface area contributed by atoms with Gasteiger partial charge in [0.15, 0.2) is 5.60 Å². The topological polar surface area (TPSA) is 65.1 Å². The lowest BCUT2D eigenvalue weighted by Gasteiger charge is -2.42. The lowest BCUT2D eigenvalue weighted by Crippen LogP contribution is -2.57. The molecule has 4 heterocycles. The summed E-state index contributed by atoms with van der Waals surface area (Å²) >= 11 is 0. The Bertz CT molecular complexity index is 566. The summed E-state index contributed by atoms with van der Waals surface area (Å²) in [5, 5.41) is 0. The lowest BCUT2D eigenvalue weighted by molar-refractivity contribution is -0.172. The molecule has 140 valence electrons. The maximum absolute atomic E-state index is 12.3. The fourth-order valence-corrected chi connectivity index (χ4v) is 5.66. The van der Waals surface area contributed by atoms with Gasteiger partial charge in [-0.05, 0) is 38.6 Å². The van der Waals surface area contributed by atoms with E-state index in [-0.39, 0.29) is 48.1 Å². The highest BCUT2D eigenvalue weighted by Gasteiger charge is 2.61. The van der Waals surface area contributed by atoms with Crippen molar-refractivity contribution >= 4 is 11.9 Å². The van der Waals surface area contributed by atoms with Gasteiger partial charge in [-0.1, -0.05) is 13.8 Å². The minimum atomic E-state index is -0.551. The van der Waals surface area contributed by atoms with Crippen LogP contribution in [0.5, 0.6) is 0 Å². The predicted octanol–water partition coefficient (Wildman–Crippen LogP) is 1.90. The van der Waals surface area contributed by atoms with Gasteiger partial charge in [-0.15, -0.1) is 0 Å². The SMILES string of the molecule is CO[C@@H]1CCCN2[C@@H](CC[C@H]2[C@H]2C[C@@H](C)C(=O)O2)[C@@]12CC(C)C(=O)O2. The Morgan fingerprint density at radius 1 is 1.12 bits per heavy atom. The van der Waals surface area contributed by atoms with Gasteiger partial charge in [0.25, 0.3) is 0 Å². The molecule has 0 saturated carbocycles. The highest BCUT2D eigenvalue weighted by atomic mass is 16.6. The first-order valence-electron chi connectivity index (χ1n) is 9.68. The van der Waals surface area contributed by atoms with Gasteiger partial charge in [-0.3, -0.25) is 14.5 Å². The third kappa shape index (κ3) is 2.60. The fourth-order valence-electron chi connectivity index (χ4n) is 5.66. The summed E-state index contributed by atoms with van der Waals surface area (Å²) < 4.78 is 17.5. The Labute approximate surface area is 149 Å². The summed E-state index contributed by atoms with van der Waals surface area (Å²) in [6.07, 6.45) is 5.29. The van der Waals surface area contributed by atoms with Crippen LogP contribution in [0.1, 0.15) is 52.4 Å². The van der Waals surface area contributed by atoms with Crippen LogP contribution < -0.4 is 0 Å². The molecule has 4 aliphatic heterocycles. The molecule has 0 aromatic carbocycles. The van der Waals surface area contributed by atoms with E-state index in [1.165, 1.54) is 0 Å². The molecule has 0 N–H and O–H groups in total. The van der Waals surface area contributed by atoms with Crippen LogP contribution in [0.3, 0.4) is 0 Å². The second-order valence-corrected chi connectivity index (χ2v) is 8.36. The zero-order valence-corrected chi connectivity index (χ0v) is 15.4. The number of rotatable bonds is 2. The van der Waals surface area contributed by atoms with Gasteiger partial charge in [0, 0.05) is 19.6 Å². The molecule has 7 atom stereocenters. The van der Waals surface area contributed by atoms with Crippen LogP contribution in [-0.4, -0.2) is 60.4 Å². The molecule has 4 aliphatic rings. The number of methoxy groups -OCH3 is 1. The molecule has 0 radical (unpaired) electrons. The van der Waals surface area contributed by atoms with Crippen molar-refractivity contribution in [2.75, 3.05) is 13.7 Å². The molecular weight excluding hydrogens is 322 g/mol. The molecule has 0 aromatic rings. The number of hydrogen-bond acceptors (Lipinski definition) is 6. The van der Waals surface area contributed by atoms with Gasteiger partial charge < -0.3 is 14.2 Å². The molecule has 0 aromatic heterocycles. The Morgan fingerprint density at radius 3 is 2.52 bits per heavy atom. The van der Waals surface area contributed by atoms with Crippen LogP contribution in [0.15, 0.2) is 0 Å². The summed E-state index contributed by atoms with van der Waals surface area (Å²) in [4.78, 5) is 26.6. The second-order valence-electron chi connectivity index (χ2n) is 8.36. The molecule has 0 amide bonds. The maximum atomic E-state index is 12.3. The first-order chi connectivity index (χ1) is 12.0. The smallest absolute Gasteiger partial charge is 0.309 e. The first-order valence-corrected chi connectivity index (χ1v) is 9.68. The maximum Gasteiger partial charge on any atom is 0.309 e. The van der Waals surface area contributed by atoms with E-state index in [1.54, 1.807) is 7.11 Å². The zero-order chi connectivity index (χ0) is 17.8. The quantitative estimate of drug-likeness (QED) is 0.708. The van der Waals surface area contributed by atoms with Gasteiger partial charge >= 0.3 is 11.9 Å². The highest BCUT2D eigenvalue weighted by molar-refractivity contribution is 5.75. The van der Waals surface area contributed by atoms with Crippen LogP contribution in [0, 0.1) is 11.8 Å². The van der Waals surface area contributed by atoms with E-state index >= 15 is 0 Å². The van der Waals surface area contributed by atoms with Crippen molar-refractivity contribution in [3.8, 4) is 0 Å². The van der Waals surface area contributed by atoms with E-state index in [2.05, 4.69) is 4.90 Å². The summed E-state index contributed by atoms with van der Waals surface area (Å²) in [6.45, 7) is 4.84. The molecule has 25 heavy (non-hydrogen) atoms. The van der Waals surface area contributed by atoms with Crippen LogP contribution in [-0.2, 0) is 23.8 Å². The molecular formula is C19H29NO5. The predicted molar refractivity (Wildman–Crippen MR) is 89.8 cm³/mol. The Balaban J connectivity index is 1.62. The van der Waals surface area contributed by atoms with Gasteiger partial charge in [0.1, 0.15) is 6.10 Å². The van der Waals surface area contributed by atoms with E-state index in [1.807, 2.05) is 13.8 Å². The summed E-state index contributed by atoms with van der Waals surface area (Å²) in [5.41, 5.74) is -0.551. The molecule has 0 aliphatic carbocycles. The van der Waals surface area contributed by atoms with Crippen LogP contribution in [0.2, 0.25) is 0 Å². The van der Waals surface area contributed by atoms with E-state index in [0.717, 1.165) is 45.1 Å². The highest BCUT2D eigenvalue weighted by Crippen LogP contribution is 2.48. The minimum Gasteiger partial charge on any atom is -0.460 e. The van der Waals surface area contributed by atoms with Crippen LogP contribution in [0.4, 0.5) is 0 Å². The largest absolute Gasteiger partial charge is 0.460 e. The Kier molecular flexibility index (Phi) is 4.31. The molecule has 0 bridgehead atoms. The van der Waals surface area contributed by atoms with Crippen molar-refractivity contribution in [2.24, 2.45) is 11.8 Å². The molecule has 4 rings (SSSR count). The lowest BCUT2D eigenvalue weighted by atomic mass is 9.81. The summed E-state index contributed by atoms with van der Waals surface area (Å²) in [6, 6.07) is 0.398. The number of cyclic esters (lactones) is 1. The van der Waals surface area contributed by atoms with Crippen molar-refractivity contribution < 1.29 is 23.8 Å². The Hall–Kier alpha value is -1.14. The van der Waals surface area contributed by atoms with Crippen molar-refractivity contribution in [3.05, 3.63) is 0 Å². The number of nitrogens with zero attached hydrogens (tertiary/aromatic N) is 1. The van der Waals surface area contributed by atoms with Crippen molar-refractivity contribution in [3.63, 3.8) is 0 Å². The second kappa shape index (κ2) is 6.23. The summed E-state index contributed by atoms with van der Waals surface area (Å²) in [7, 11) is 1.73. The third-order valence-electron chi connectivity index (χ3n) is 6.84. The van der Waals surface area contributed by atoms with Crippen molar-refractivity contribution in [1.82, 2.24) is 4.90 Å². The molecule has 4 fully saturated rings. The van der Waals surface area contributed by atoms with Crippen LogP contribution in [0.25, 0.3) is 0 Å². The minimum absolute atomic E-state index is 0.0129. The van der Waals surface area contributed by atoms with Gasteiger partial charge in [0.2, 0.25) is 0 Å². The third-order valence-corrected chi connectivity index (χ3v) is 6.84. The number of esters is 2. The monoisotopic (exact) mass is 351 g/mol. The Morgan fingerprint density at radius 2 is 1.92 bits per heavy atom. The van der Waals surface area contributed by atoms with E-state index in [0.29, 0.717) is 0 Å². The number of hydrogen-bond donors (Lipinski definition) is 0. The van der Waals surface area contributed by atoms with Crippen molar-refractivity contribution in [1.29, 1.82) is 0 Å². The zero-order valence-electron chi connectivity index (χ0n) is 15.4. The van der Waals surface area contributed by atoms with E-state index in [4.69, 9.17) is 14.2 Å². The number of fused-ring (bicyclic) bond motifs is 2. The molecule has 6 nitrogen and oxygen atoms in total. The van der Waals surface area contributed by atoms with Crippen molar-refractivity contribution in [2.45, 2.75) is 82.3 Å². The van der Waals surface area contributed by atoms with E-state index < -0.39 is 5.60 Å². The van der Waals surface area contributed by atoms with Gasteiger partial charge in [0.05, 0.1) is 24.0 Å². The fraction of sp³-hybridized carbons (Fsp3) is 0.895. The molecule has 4 saturated heterocycles. The van der Waals surface area contributed by atoms with E-state index in [9.17, 15) is 9.59 Å². The van der Waals surface area contributed by atoms with Gasteiger partial charge in [-0.2, -0.15) is 0 Å². The number of carbonyl (C=O) groups excluding carboxylic acids is 2. The summed E-state index contributed by atoms with van der Waals surface area (Å²) in [5.74, 6) is -0.274.